The first-order valence-corrected chi connectivity index (χ1v) is 5.11. The van der Waals surface area contributed by atoms with Gasteiger partial charge in [0.2, 0.25) is 0 Å². The second-order valence-corrected chi connectivity index (χ2v) is 3.91. The number of aliphatic carboxylic acids is 1. The number of rotatable bonds is 2. The monoisotopic (exact) mass is 222 g/mol. The number of nitrogens with two attached hydrogens (primary N) is 1. The van der Waals surface area contributed by atoms with Crippen molar-refractivity contribution < 1.29 is 14.6 Å². The lowest BCUT2D eigenvalue weighted by atomic mass is 10.1. The van der Waals surface area contributed by atoms with Crippen LogP contribution in [0.4, 0.5) is 11.4 Å². The molecule has 1 aromatic carbocycles. The van der Waals surface area contributed by atoms with E-state index in [1.807, 2.05) is 19.1 Å². The van der Waals surface area contributed by atoms with E-state index in [-0.39, 0.29) is 12.5 Å². The molecule has 0 radical (unpaired) electrons. The van der Waals surface area contributed by atoms with Crippen LogP contribution in [0, 0.1) is 0 Å². The first kappa shape index (κ1) is 10.6. The molecule has 0 aliphatic carbocycles. The molecule has 1 heterocycles. The number of hydrogen-bond donors (Lipinski definition) is 3. The van der Waals surface area contributed by atoms with E-state index in [1.54, 1.807) is 6.07 Å². The number of ether oxygens (including phenoxy) is 1. The number of nitrogen functional groups attached to an aromatic ring is 1. The van der Waals surface area contributed by atoms with Gasteiger partial charge in [0.15, 0.2) is 5.75 Å². The van der Waals surface area contributed by atoms with E-state index in [0.717, 1.165) is 5.69 Å². The molecular formula is C11H14N2O3. The smallest absolute Gasteiger partial charge is 0.307 e. The molecule has 0 aromatic heterocycles. The third-order valence-corrected chi connectivity index (χ3v) is 2.63. The van der Waals surface area contributed by atoms with Crippen LogP contribution in [-0.2, 0) is 4.79 Å². The summed E-state index contributed by atoms with van der Waals surface area (Å²) in [5.74, 6) is -0.330. The summed E-state index contributed by atoms with van der Waals surface area (Å²) >= 11 is 0. The van der Waals surface area contributed by atoms with Crippen LogP contribution in [0.3, 0.4) is 0 Å². The minimum atomic E-state index is -0.878. The maximum absolute atomic E-state index is 10.7. The van der Waals surface area contributed by atoms with Gasteiger partial charge < -0.3 is 20.9 Å². The molecule has 2 unspecified atom stereocenters. The topological polar surface area (TPSA) is 84.6 Å². The standard InChI is InChI=1S/C11H14N2O3/c1-6-9(5-10(14)15)16-11-7(12)3-2-4-8(11)13-6/h2-4,6,9,13H,5,12H2,1H3,(H,14,15). The van der Waals surface area contributed by atoms with Crippen molar-refractivity contribution in [2.24, 2.45) is 0 Å². The Morgan fingerprint density at radius 3 is 3.06 bits per heavy atom. The molecule has 0 saturated heterocycles. The van der Waals surface area contributed by atoms with Crippen molar-refractivity contribution in [3.05, 3.63) is 18.2 Å². The van der Waals surface area contributed by atoms with E-state index in [1.165, 1.54) is 0 Å². The van der Waals surface area contributed by atoms with Crippen molar-refractivity contribution in [1.82, 2.24) is 0 Å². The van der Waals surface area contributed by atoms with Crippen molar-refractivity contribution in [3.63, 3.8) is 0 Å². The summed E-state index contributed by atoms with van der Waals surface area (Å²) in [6, 6.07) is 5.37. The van der Waals surface area contributed by atoms with E-state index in [0.29, 0.717) is 11.4 Å². The summed E-state index contributed by atoms with van der Waals surface area (Å²) in [5.41, 5.74) is 7.10. The van der Waals surface area contributed by atoms with E-state index in [2.05, 4.69) is 5.32 Å². The second kappa shape index (κ2) is 3.92. The van der Waals surface area contributed by atoms with Gasteiger partial charge in [-0.15, -0.1) is 0 Å². The summed E-state index contributed by atoms with van der Waals surface area (Å²) in [7, 11) is 0. The van der Waals surface area contributed by atoms with Gasteiger partial charge >= 0.3 is 5.97 Å². The van der Waals surface area contributed by atoms with Gasteiger partial charge in [-0.2, -0.15) is 0 Å². The summed E-state index contributed by atoms with van der Waals surface area (Å²) in [6.07, 6.45) is -0.434. The Labute approximate surface area is 93.2 Å². The Bertz CT molecular complexity index is 420. The zero-order valence-electron chi connectivity index (χ0n) is 8.93. The molecule has 0 bridgehead atoms. The van der Waals surface area contributed by atoms with Crippen LogP contribution < -0.4 is 15.8 Å². The number of carboxylic acids is 1. The van der Waals surface area contributed by atoms with Crippen molar-refractivity contribution in [1.29, 1.82) is 0 Å². The molecular weight excluding hydrogens is 208 g/mol. The largest absolute Gasteiger partial charge is 0.483 e. The minimum Gasteiger partial charge on any atom is -0.483 e. The number of hydrogen-bond acceptors (Lipinski definition) is 4. The van der Waals surface area contributed by atoms with Gasteiger partial charge in [0.05, 0.1) is 23.8 Å². The number of carbonyl (C=O) groups is 1. The molecule has 5 nitrogen and oxygen atoms in total. The molecule has 0 saturated carbocycles. The molecule has 0 fully saturated rings. The molecule has 2 atom stereocenters. The van der Waals surface area contributed by atoms with Crippen LogP contribution >= 0.6 is 0 Å². The molecule has 4 N–H and O–H groups in total. The Morgan fingerprint density at radius 1 is 1.62 bits per heavy atom. The SMILES string of the molecule is CC1Nc2cccc(N)c2OC1CC(=O)O. The molecule has 1 aliphatic rings. The zero-order chi connectivity index (χ0) is 11.7. The first-order valence-electron chi connectivity index (χ1n) is 5.11. The predicted octanol–water partition coefficient (Wildman–Crippen LogP) is 1.30. The number of anilines is 2. The number of fused-ring (bicyclic) bond motifs is 1. The lowest BCUT2D eigenvalue weighted by Crippen LogP contribution is -2.40. The Balaban J connectivity index is 2.26. The number of nitrogens with one attached hydrogen (secondary N) is 1. The van der Waals surface area contributed by atoms with Crippen LogP contribution in [0.5, 0.6) is 5.75 Å². The highest BCUT2D eigenvalue weighted by molar-refractivity contribution is 5.72. The summed E-state index contributed by atoms with van der Waals surface area (Å²) in [5, 5.41) is 11.9. The van der Waals surface area contributed by atoms with Crippen molar-refractivity contribution in [3.8, 4) is 5.75 Å². The average Bonchev–Trinajstić information content (AvgIpc) is 2.20. The van der Waals surface area contributed by atoms with Crippen molar-refractivity contribution in [2.45, 2.75) is 25.5 Å². The normalized spacial score (nSPS) is 22.8. The van der Waals surface area contributed by atoms with Gasteiger partial charge in [0.1, 0.15) is 6.10 Å². The van der Waals surface area contributed by atoms with E-state index in [4.69, 9.17) is 15.6 Å². The Hall–Kier alpha value is -1.91. The molecule has 2 rings (SSSR count). The highest BCUT2D eigenvalue weighted by Crippen LogP contribution is 2.36. The number of para-hydroxylation sites is 1. The second-order valence-electron chi connectivity index (χ2n) is 3.91. The van der Waals surface area contributed by atoms with Crippen LogP contribution in [0.1, 0.15) is 13.3 Å². The van der Waals surface area contributed by atoms with Crippen LogP contribution in [-0.4, -0.2) is 23.2 Å². The minimum absolute atomic E-state index is 0.0397. The molecule has 1 aliphatic heterocycles. The molecule has 0 spiro atoms. The highest BCUT2D eigenvalue weighted by Gasteiger charge is 2.29. The quantitative estimate of drug-likeness (QED) is 0.657. The van der Waals surface area contributed by atoms with E-state index >= 15 is 0 Å². The third-order valence-electron chi connectivity index (χ3n) is 2.63. The Morgan fingerprint density at radius 2 is 2.38 bits per heavy atom. The molecule has 5 heteroatoms. The highest BCUT2D eigenvalue weighted by atomic mass is 16.5. The van der Waals surface area contributed by atoms with Gasteiger partial charge in [-0.3, -0.25) is 4.79 Å². The van der Waals surface area contributed by atoms with Crippen LogP contribution in [0.25, 0.3) is 0 Å². The third kappa shape index (κ3) is 1.88. The molecule has 16 heavy (non-hydrogen) atoms. The zero-order valence-corrected chi connectivity index (χ0v) is 8.93. The van der Waals surface area contributed by atoms with Gasteiger partial charge in [-0.25, -0.2) is 0 Å². The van der Waals surface area contributed by atoms with Gasteiger partial charge in [-0.05, 0) is 19.1 Å². The fraction of sp³-hybridized carbons (Fsp3) is 0.364. The lowest BCUT2D eigenvalue weighted by molar-refractivity contribution is -0.139. The van der Waals surface area contributed by atoms with E-state index in [9.17, 15) is 4.79 Å². The van der Waals surface area contributed by atoms with E-state index < -0.39 is 12.1 Å². The predicted molar refractivity (Wildman–Crippen MR) is 60.6 cm³/mol. The first-order chi connectivity index (χ1) is 7.58. The van der Waals surface area contributed by atoms with Gasteiger partial charge in [0.25, 0.3) is 0 Å². The maximum atomic E-state index is 10.7. The summed E-state index contributed by atoms with van der Waals surface area (Å²) < 4.78 is 5.62. The molecule has 86 valence electrons. The number of carboxylic acid groups (broad SMARTS) is 1. The maximum Gasteiger partial charge on any atom is 0.307 e. The summed E-state index contributed by atoms with van der Waals surface area (Å²) in [6.45, 7) is 1.89. The van der Waals surface area contributed by atoms with Gasteiger partial charge in [0, 0.05) is 0 Å². The fourth-order valence-corrected chi connectivity index (χ4v) is 1.78. The van der Waals surface area contributed by atoms with Crippen LogP contribution in [0.2, 0.25) is 0 Å². The molecule has 1 aromatic rings. The van der Waals surface area contributed by atoms with Gasteiger partial charge in [-0.1, -0.05) is 6.07 Å². The Kier molecular flexibility index (Phi) is 2.60. The molecule has 0 amide bonds. The van der Waals surface area contributed by atoms with Crippen LogP contribution in [0.15, 0.2) is 18.2 Å². The van der Waals surface area contributed by atoms with Crippen molar-refractivity contribution in [2.75, 3.05) is 11.1 Å². The lowest BCUT2D eigenvalue weighted by Gasteiger charge is -2.32. The van der Waals surface area contributed by atoms with Crippen molar-refractivity contribution >= 4 is 17.3 Å². The average molecular weight is 222 g/mol. The fourth-order valence-electron chi connectivity index (χ4n) is 1.78. The number of benzene rings is 1. The summed E-state index contributed by atoms with van der Waals surface area (Å²) in [4.78, 5) is 10.7.